The normalized spacial score (nSPS) is 9.87. The molecule has 0 heterocycles. The Kier molecular flexibility index (Phi) is 8.66. The molecule has 0 aromatic carbocycles. The van der Waals surface area contributed by atoms with E-state index in [0.717, 1.165) is 0 Å². The first-order chi connectivity index (χ1) is 6.68. The van der Waals surface area contributed by atoms with Gasteiger partial charge in [-0.05, 0) is 13.8 Å². The van der Waals surface area contributed by atoms with Gasteiger partial charge in [0.25, 0.3) is 0 Å². The fourth-order valence-electron chi connectivity index (χ4n) is 0.114. The van der Waals surface area contributed by atoms with Crippen LogP contribution in [0.1, 0.15) is 13.8 Å². The summed E-state index contributed by atoms with van der Waals surface area (Å²) in [5.74, 6) is -1.65. The maximum atomic E-state index is 10.2. The van der Waals surface area contributed by atoms with E-state index >= 15 is 0 Å². The lowest BCUT2D eigenvalue weighted by molar-refractivity contribution is -0.145. The third-order valence-corrected chi connectivity index (χ3v) is 2.72. The van der Waals surface area contributed by atoms with Crippen LogP contribution in [0.4, 0.5) is 0 Å². The number of hydrogen-bond donors (Lipinski definition) is 2. The highest BCUT2D eigenvalue weighted by molar-refractivity contribution is 9.09. The molecule has 0 radical (unpaired) electrons. The van der Waals surface area contributed by atoms with Gasteiger partial charge in [0, 0.05) is 16.8 Å². The van der Waals surface area contributed by atoms with Crippen LogP contribution in [-0.2, 0) is 9.59 Å². The highest BCUT2D eigenvalue weighted by atomic mass is 79.9. The van der Waals surface area contributed by atoms with Crippen molar-refractivity contribution in [1.29, 1.82) is 0 Å². The van der Waals surface area contributed by atoms with E-state index < -0.39 is 17.4 Å². The topological polar surface area (TPSA) is 74.6 Å². The quantitative estimate of drug-likeness (QED) is 0.617. The summed E-state index contributed by atoms with van der Waals surface area (Å²) < 4.78 is 0. The van der Waals surface area contributed by atoms with Gasteiger partial charge in [-0.25, -0.2) is 4.79 Å². The average Bonchev–Trinajstić information content (AvgIpc) is 2.17. The molecule has 0 saturated carbocycles. The Balaban J connectivity index is 0. The van der Waals surface area contributed by atoms with E-state index in [9.17, 15) is 9.59 Å². The van der Waals surface area contributed by atoms with Crippen molar-refractivity contribution >= 4 is 39.5 Å². The maximum Gasteiger partial charge on any atom is 0.331 e. The number of carboxylic acids is 2. The van der Waals surface area contributed by atoms with Crippen molar-refractivity contribution in [3.63, 3.8) is 0 Å². The Hall–Kier alpha value is -0.550. The lowest BCUT2D eigenvalue weighted by Crippen LogP contribution is -2.24. The molecule has 0 amide bonds. The second kappa shape index (κ2) is 7.70. The zero-order chi connectivity index (χ0) is 12.6. The molecule has 0 aliphatic carbocycles. The van der Waals surface area contributed by atoms with Crippen LogP contribution in [0.3, 0.4) is 0 Å². The number of carboxylic acid groups (broad SMARTS) is 2. The van der Waals surface area contributed by atoms with Gasteiger partial charge in [-0.1, -0.05) is 22.5 Å². The first-order valence-corrected chi connectivity index (χ1v) is 5.61. The monoisotopic (exact) mass is 300 g/mol. The van der Waals surface area contributed by atoms with Crippen LogP contribution in [-0.4, -0.2) is 33.4 Å². The standard InChI is InChI=1S/C5H9ClO2.C4H5BrO2/c1-5(2,3-6)4(7)8;1-3(2-5)4(6)7/h3H2,1-2H3,(H,7,8);1-2H2,(H,6,7). The van der Waals surface area contributed by atoms with Crippen molar-refractivity contribution in [2.75, 3.05) is 11.2 Å². The van der Waals surface area contributed by atoms with Crippen LogP contribution < -0.4 is 0 Å². The minimum atomic E-state index is -0.947. The highest BCUT2D eigenvalue weighted by Crippen LogP contribution is 2.15. The summed E-state index contributed by atoms with van der Waals surface area (Å²) in [7, 11) is 0. The molecule has 0 atom stereocenters. The van der Waals surface area contributed by atoms with Crippen molar-refractivity contribution in [1.82, 2.24) is 0 Å². The maximum absolute atomic E-state index is 10.2. The SMILES string of the molecule is C=C(CBr)C(=O)O.CC(C)(CCl)C(=O)O. The molecule has 0 aromatic rings. The lowest BCUT2D eigenvalue weighted by Gasteiger charge is -2.13. The minimum absolute atomic E-state index is 0.155. The summed E-state index contributed by atoms with van der Waals surface area (Å²) in [5.41, 5.74) is -0.596. The molecular formula is C9H14BrClO4. The predicted octanol–water partition coefficient (Wildman–Crippen LogP) is 2.36. The number of aliphatic carboxylic acids is 2. The number of carbonyl (C=O) groups is 2. The van der Waals surface area contributed by atoms with Crippen LogP contribution in [0.15, 0.2) is 12.2 Å². The van der Waals surface area contributed by atoms with Gasteiger partial charge in [0.2, 0.25) is 0 Å². The molecule has 6 heteroatoms. The Morgan fingerprint density at radius 1 is 1.40 bits per heavy atom. The van der Waals surface area contributed by atoms with Gasteiger partial charge in [0.15, 0.2) is 0 Å². The van der Waals surface area contributed by atoms with Crippen LogP contribution in [0.25, 0.3) is 0 Å². The summed E-state index contributed by atoms with van der Waals surface area (Å²) in [6, 6.07) is 0. The Morgan fingerprint density at radius 3 is 1.80 bits per heavy atom. The first kappa shape index (κ1) is 16.9. The van der Waals surface area contributed by atoms with Gasteiger partial charge >= 0.3 is 11.9 Å². The fraction of sp³-hybridized carbons (Fsp3) is 0.556. The molecule has 0 aromatic heterocycles. The molecule has 0 saturated heterocycles. The van der Waals surface area contributed by atoms with E-state index in [1.807, 2.05) is 0 Å². The van der Waals surface area contributed by atoms with Crippen molar-refractivity contribution in [3.05, 3.63) is 12.2 Å². The molecule has 0 fully saturated rings. The van der Waals surface area contributed by atoms with Gasteiger partial charge in [0.1, 0.15) is 0 Å². The molecule has 0 aliphatic rings. The van der Waals surface area contributed by atoms with Gasteiger partial charge in [-0.3, -0.25) is 4.79 Å². The molecule has 15 heavy (non-hydrogen) atoms. The van der Waals surface area contributed by atoms with Crippen molar-refractivity contribution in [2.45, 2.75) is 13.8 Å². The second-order valence-corrected chi connectivity index (χ2v) is 4.19. The zero-order valence-electron chi connectivity index (χ0n) is 8.59. The Labute approximate surface area is 102 Å². The number of rotatable bonds is 4. The van der Waals surface area contributed by atoms with Crippen LogP contribution >= 0.6 is 27.5 Å². The molecule has 0 bridgehead atoms. The van der Waals surface area contributed by atoms with Gasteiger partial charge in [-0.2, -0.15) is 0 Å². The van der Waals surface area contributed by atoms with Crippen LogP contribution in [0.2, 0.25) is 0 Å². The van der Waals surface area contributed by atoms with E-state index in [2.05, 4.69) is 22.5 Å². The number of hydrogen-bond acceptors (Lipinski definition) is 2. The van der Waals surface area contributed by atoms with E-state index in [-0.39, 0.29) is 11.5 Å². The van der Waals surface area contributed by atoms with Crippen molar-refractivity contribution in [2.24, 2.45) is 5.41 Å². The number of alkyl halides is 2. The van der Waals surface area contributed by atoms with Gasteiger partial charge < -0.3 is 10.2 Å². The van der Waals surface area contributed by atoms with E-state index in [1.165, 1.54) is 0 Å². The van der Waals surface area contributed by atoms with E-state index in [0.29, 0.717) is 5.33 Å². The van der Waals surface area contributed by atoms with Crippen molar-refractivity contribution in [3.8, 4) is 0 Å². The van der Waals surface area contributed by atoms with E-state index in [1.54, 1.807) is 13.8 Å². The largest absolute Gasteiger partial charge is 0.481 e. The molecular weight excluding hydrogens is 287 g/mol. The summed E-state index contributed by atoms with van der Waals surface area (Å²) >= 11 is 8.24. The summed E-state index contributed by atoms with van der Waals surface area (Å²) in [6.07, 6.45) is 0. The third kappa shape index (κ3) is 8.44. The smallest absolute Gasteiger partial charge is 0.331 e. The molecule has 0 unspecified atom stereocenters. The fourth-order valence-corrected chi connectivity index (χ4v) is 0.468. The molecule has 0 spiro atoms. The average molecular weight is 302 g/mol. The summed E-state index contributed by atoms with van der Waals surface area (Å²) in [5, 5.41) is 16.7. The van der Waals surface area contributed by atoms with Crippen LogP contribution in [0.5, 0.6) is 0 Å². The molecule has 2 N–H and O–H groups in total. The van der Waals surface area contributed by atoms with E-state index in [4.69, 9.17) is 21.8 Å². The van der Waals surface area contributed by atoms with Gasteiger partial charge in [0.05, 0.1) is 5.41 Å². The predicted molar refractivity (Wildman–Crippen MR) is 62.7 cm³/mol. The minimum Gasteiger partial charge on any atom is -0.481 e. The molecule has 4 nitrogen and oxygen atoms in total. The lowest BCUT2D eigenvalue weighted by atomic mass is 9.97. The van der Waals surface area contributed by atoms with Crippen molar-refractivity contribution < 1.29 is 19.8 Å². The first-order valence-electron chi connectivity index (χ1n) is 3.95. The number of halogens is 2. The molecule has 0 rings (SSSR count). The summed E-state index contributed by atoms with van der Waals surface area (Å²) in [6.45, 7) is 6.40. The van der Waals surface area contributed by atoms with Crippen LogP contribution in [0, 0.1) is 5.41 Å². The molecule has 0 aliphatic heterocycles. The Bertz CT molecular complexity index is 250. The summed E-state index contributed by atoms with van der Waals surface area (Å²) in [4.78, 5) is 20.0. The Morgan fingerprint density at radius 2 is 1.80 bits per heavy atom. The zero-order valence-corrected chi connectivity index (χ0v) is 10.9. The second-order valence-electron chi connectivity index (χ2n) is 3.37. The molecule has 88 valence electrons. The third-order valence-electron chi connectivity index (χ3n) is 1.38. The van der Waals surface area contributed by atoms with Gasteiger partial charge in [-0.15, -0.1) is 11.6 Å². The highest BCUT2D eigenvalue weighted by Gasteiger charge is 2.25.